The third-order valence-electron chi connectivity index (χ3n) is 5.16. The fraction of sp³-hybridized carbons (Fsp3) is 0.280. The molecule has 9 heteroatoms. The van der Waals surface area contributed by atoms with Gasteiger partial charge in [-0.3, -0.25) is 19.4 Å². The Morgan fingerprint density at radius 3 is 2.65 bits per heavy atom. The molecular weight excluding hydrogens is 456 g/mol. The summed E-state index contributed by atoms with van der Waals surface area (Å²) >= 11 is 5.97. The second-order valence-corrected chi connectivity index (χ2v) is 8.33. The van der Waals surface area contributed by atoms with Crippen molar-refractivity contribution in [2.75, 3.05) is 24.3 Å². The van der Waals surface area contributed by atoms with E-state index < -0.39 is 11.7 Å². The molecule has 0 bridgehead atoms. The fourth-order valence-corrected chi connectivity index (χ4v) is 3.72. The summed E-state index contributed by atoms with van der Waals surface area (Å²) in [6.45, 7) is 3.68. The normalized spacial score (nSPS) is 11.5. The van der Waals surface area contributed by atoms with Gasteiger partial charge in [0.1, 0.15) is 5.75 Å². The van der Waals surface area contributed by atoms with Gasteiger partial charge in [-0.1, -0.05) is 17.7 Å². The smallest absolute Gasteiger partial charge is 0.292 e. The van der Waals surface area contributed by atoms with Gasteiger partial charge < -0.3 is 20.7 Å². The van der Waals surface area contributed by atoms with E-state index in [2.05, 4.69) is 20.9 Å². The highest BCUT2D eigenvalue weighted by Gasteiger charge is 2.20. The summed E-state index contributed by atoms with van der Waals surface area (Å²) in [5.74, 6) is -1.12. The average Bonchev–Trinajstić information content (AvgIpc) is 2.81. The molecule has 0 saturated carbocycles. The van der Waals surface area contributed by atoms with Crippen LogP contribution >= 0.6 is 11.6 Å². The fourth-order valence-electron chi connectivity index (χ4n) is 3.55. The maximum absolute atomic E-state index is 12.6. The predicted molar refractivity (Wildman–Crippen MR) is 134 cm³/mol. The summed E-state index contributed by atoms with van der Waals surface area (Å²) < 4.78 is 5.39. The van der Waals surface area contributed by atoms with Gasteiger partial charge in [-0.25, -0.2) is 0 Å². The van der Waals surface area contributed by atoms with Crippen LogP contribution in [-0.4, -0.2) is 42.3 Å². The molecule has 1 aromatic heterocycles. The van der Waals surface area contributed by atoms with Crippen molar-refractivity contribution in [1.82, 2.24) is 10.3 Å². The van der Waals surface area contributed by atoms with Gasteiger partial charge in [0.15, 0.2) is 0 Å². The maximum Gasteiger partial charge on any atom is 0.292 e. The first-order chi connectivity index (χ1) is 16.3. The molecule has 34 heavy (non-hydrogen) atoms. The van der Waals surface area contributed by atoms with Crippen LogP contribution in [0.3, 0.4) is 0 Å². The number of nitrogens with one attached hydrogen (secondary N) is 3. The monoisotopic (exact) mass is 482 g/mol. The summed E-state index contributed by atoms with van der Waals surface area (Å²) in [5, 5.41) is 9.91. The van der Waals surface area contributed by atoms with E-state index in [4.69, 9.17) is 16.3 Å². The molecule has 1 unspecified atom stereocenters. The van der Waals surface area contributed by atoms with Gasteiger partial charge in [-0.05, 0) is 50.1 Å². The number of hydrogen-bond donors (Lipinski definition) is 3. The highest BCUT2D eigenvalue weighted by atomic mass is 35.5. The lowest BCUT2D eigenvalue weighted by molar-refractivity contribution is -0.117. The number of hydrogen-bond acceptors (Lipinski definition) is 6. The number of fused-ring (bicyclic) bond motifs is 1. The second-order valence-electron chi connectivity index (χ2n) is 7.89. The number of ketones is 1. The first-order valence-electron chi connectivity index (χ1n) is 10.9. The standard InChI is InChI=1S/C25H27ClN4O4/c1-15(29-22-14-19(34-3)12-17-7-5-10-27-23(17)22)6-4-11-28-25(33)24(32)20-13-18(26)8-9-21(20)30-16(2)31/h5,7-10,12-15,29H,4,6,11H2,1-3H3,(H,28,33)(H,30,31). The van der Waals surface area contributed by atoms with Crippen LogP contribution in [0.4, 0.5) is 11.4 Å². The van der Waals surface area contributed by atoms with Gasteiger partial charge in [-0.15, -0.1) is 0 Å². The molecule has 0 aliphatic rings. The minimum atomic E-state index is -0.758. The number of carbonyl (C=O) groups is 3. The summed E-state index contributed by atoms with van der Waals surface area (Å²) in [7, 11) is 1.62. The molecule has 0 aliphatic heterocycles. The van der Waals surface area contributed by atoms with E-state index in [-0.39, 0.29) is 23.2 Å². The molecule has 0 aliphatic carbocycles. The Morgan fingerprint density at radius 1 is 1.12 bits per heavy atom. The molecule has 1 atom stereocenters. The Morgan fingerprint density at radius 2 is 1.91 bits per heavy atom. The number of amides is 2. The Balaban J connectivity index is 1.55. The molecule has 0 spiro atoms. The molecule has 0 radical (unpaired) electrons. The summed E-state index contributed by atoms with van der Waals surface area (Å²) in [6, 6.07) is 12.2. The van der Waals surface area contributed by atoms with Crippen molar-refractivity contribution < 1.29 is 19.1 Å². The number of anilines is 2. The van der Waals surface area contributed by atoms with Crippen LogP contribution in [0, 0.1) is 0 Å². The Labute approximate surface area is 203 Å². The Bertz CT molecular complexity index is 1210. The quantitative estimate of drug-likeness (QED) is 0.224. The van der Waals surface area contributed by atoms with Crippen LogP contribution in [-0.2, 0) is 9.59 Å². The topological polar surface area (TPSA) is 109 Å². The van der Waals surface area contributed by atoms with Crippen molar-refractivity contribution in [3.05, 3.63) is 59.2 Å². The summed E-state index contributed by atoms with van der Waals surface area (Å²) in [4.78, 5) is 40.8. The minimum absolute atomic E-state index is 0.0487. The summed E-state index contributed by atoms with van der Waals surface area (Å²) in [6.07, 6.45) is 3.14. The number of pyridine rings is 1. The molecule has 3 N–H and O–H groups in total. The predicted octanol–water partition coefficient (Wildman–Crippen LogP) is 4.43. The third-order valence-corrected chi connectivity index (χ3v) is 5.39. The zero-order valence-electron chi connectivity index (χ0n) is 19.3. The van der Waals surface area contributed by atoms with Gasteiger partial charge >= 0.3 is 0 Å². The van der Waals surface area contributed by atoms with Crippen molar-refractivity contribution in [2.45, 2.75) is 32.7 Å². The van der Waals surface area contributed by atoms with Crippen LogP contribution in [0.1, 0.15) is 37.0 Å². The third kappa shape index (κ3) is 6.45. The minimum Gasteiger partial charge on any atom is -0.497 e. The van der Waals surface area contributed by atoms with Gasteiger partial charge in [0.2, 0.25) is 5.91 Å². The highest BCUT2D eigenvalue weighted by molar-refractivity contribution is 6.44. The number of methoxy groups -OCH3 is 1. The SMILES string of the molecule is COc1cc(NC(C)CCCNC(=O)C(=O)c2cc(Cl)ccc2NC(C)=O)c2ncccc2c1. The number of rotatable bonds is 10. The maximum atomic E-state index is 12.6. The lowest BCUT2D eigenvalue weighted by Crippen LogP contribution is -2.33. The van der Waals surface area contributed by atoms with E-state index in [0.29, 0.717) is 18.0 Å². The number of benzene rings is 2. The van der Waals surface area contributed by atoms with Crippen LogP contribution in [0.5, 0.6) is 5.75 Å². The highest BCUT2D eigenvalue weighted by Crippen LogP contribution is 2.28. The number of carbonyl (C=O) groups excluding carboxylic acids is 3. The molecule has 2 amide bonds. The van der Waals surface area contributed by atoms with Crippen LogP contribution in [0.15, 0.2) is 48.7 Å². The molecule has 1 heterocycles. The first kappa shape index (κ1) is 25.0. The van der Waals surface area contributed by atoms with Gasteiger partial charge in [0.05, 0.1) is 29.6 Å². The number of aromatic nitrogens is 1. The van der Waals surface area contributed by atoms with E-state index in [1.54, 1.807) is 13.3 Å². The van der Waals surface area contributed by atoms with E-state index >= 15 is 0 Å². The zero-order chi connectivity index (χ0) is 24.7. The van der Waals surface area contributed by atoms with Gasteiger partial charge in [0, 0.05) is 42.2 Å². The number of nitrogens with zero attached hydrogens (tertiary/aromatic N) is 1. The van der Waals surface area contributed by atoms with Crippen molar-refractivity contribution in [2.24, 2.45) is 0 Å². The molecule has 8 nitrogen and oxygen atoms in total. The molecule has 3 rings (SSSR count). The first-order valence-corrected chi connectivity index (χ1v) is 11.2. The van der Waals surface area contributed by atoms with E-state index in [1.807, 2.05) is 31.2 Å². The number of Topliss-reactive ketones (excluding diaryl/α,β-unsaturated/α-hetero) is 1. The van der Waals surface area contributed by atoms with Gasteiger partial charge in [0.25, 0.3) is 11.7 Å². The molecule has 3 aromatic rings. The molecular formula is C25H27ClN4O4. The van der Waals surface area contributed by atoms with Crippen molar-refractivity contribution in [3.8, 4) is 5.75 Å². The Hall–Kier alpha value is -3.65. The Kier molecular flexibility index (Phi) is 8.43. The molecule has 0 fully saturated rings. The van der Waals surface area contributed by atoms with Gasteiger partial charge in [-0.2, -0.15) is 0 Å². The van der Waals surface area contributed by atoms with Crippen molar-refractivity contribution >= 4 is 51.5 Å². The number of halogens is 1. The zero-order valence-corrected chi connectivity index (χ0v) is 20.0. The molecule has 2 aromatic carbocycles. The van der Waals surface area contributed by atoms with E-state index in [9.17, 15) is 14.4 Å². The molecule has 178 valence electrons. The van der Waals surface area contributed by atoms with Crippen LogP contribution < -0.4 is 20.7 Å². The van der Waals surface area contributed by atoms with Crippen molar-refractivity contribution in [3.63, 3.8) is 0 Å². The molecule has 0 saturated heterocycles. The lowest BCUT2D eigenvalue weighted by atomic mass is 10.1. The lowest BCUT2D eigenvalue weighted by Gasteiger charge is -2.17. The van der Waals surface area contributed by atoms with E-state index in [1.165, 1.54) is 25.1 Å². The van der Waals surface area contributed by atoms with E-state index in [0.717, 1.165) is 28.8 Å². The second kappa shape index (κ2) is 11.5. The average molecular weight is 483 g/mol. The van der Waals surface area contributed by atoms with Crippen molar-refractivity contribution in [1.29, 1.82) is 0 Å². The largest absolute Gasteiger partial charge is 0.497 e. The van der Waals surface area contributed by atoms with Crippen LogP contribution in [0.25, 0.3) is 10.9 Å². The summed E-state index contributed by atoms with van der Waals surface area (Å²) in [5.41, 5.74) is 2.01. The van der Waals surface area contributed by atoms with Crippen LogP contribution in [0.2, 0.25) is 5.02 Å². The number of ether oxygens (including phenoxy) is 1.